The number of ether oxygens (including phenoxy) is 2. The van der Waals surface area contributed by atoms with Gasteiger partial charge in [-0.25, -0.2) is 4.57 Å². The third-order valence-electron chi connectivity index (χ3n) is 9.40. The molecule has 0 aromatic heterocycles. The number of hydrogen-bond acceptors (Lipinski definition) is 8. The first kappa shape index (κ1) is 50.8. The Labute approximate surface area is 319 Å². The molecule has 0 saturated carbocycles. The Hall–Kier alpha value is -1.25. The largest absolute Gasteiger partial charge is 0.472 e. The summed E-state index contributed by atoms with van der Waals surface area (Å²) >= 11 is 0. The molecule has 0 amide bonds. The molecule has 3 N–H and O–H groups in total. The quantitative estimate of drug-likeness (QED) is 0.0270. The number of unbranched alkanes of at least 4 members (excludes halogenated alkanes) is 26. The molecule has 0 aliphatic heterocycles. The zero-order valence-electron chi connectivity index (χ0n) is 33.8. The molecule has 0 fully saturated rings. The van der Waals surface area contributed by atoms with Gasteiger partial charge in [0.1, 0.15) is 6.61 Å². The number of esters is 2. The molecule has 0 aromatic rings. The van der Waals surface area contributed by atoms with Crippen LogP contribution >= 0.6 is 7.82 Å². The van der Waals surface area contributed by atoms with Gasteiger partial charge in [-0.15, -0.1) is 0 Å². The summed E-state index contributed by atoms with van der Waals surface area (Å²) in [7, 11) is -4.37. The summed E-state index contributed by atoms with van der Waals surface area (Å²) in [5.41, 5.74) is 5.34. The fourth-order valence-corrected chi connectivity index (χ4v) is 6.92. The van der Waals surface area contributed by atoms with Crippen LogP contribution in [0.3, 0.4) is 0 Å². The Morgan fingerprint density at radius 1 is 0.558 bits per heavy atom. The Morgan fingerprint density at radius 3 is 1.38 bits per heavy atom. The number of phosphoric ester groups is 1. The predicted molar refractivity (Wildman–Crippen MR) is 215 cm³/mol. The van der Waals surface area contributed by atoms with Gasteiger partial charge in [0.05, 0.1) is 13.2 Å². The Kier molecular flexibility index (Phi) is 38.5. The molecular formula is C42H82NO8P. The molecule has 0 aliphatic rings. The maximum Gasteiger partial charge on any atom is 0.472 e. The van der Waals surface area contributed by atoms with Crippen LogP contribution in [0.5, 0.6) is 0 Å². The second kappa shape index (κ2) is 39.4. The van der Waals surface area contributed by atoms with Crippen LogP contribution in [0.1, 0.15) is 213 Å². The minimum atomic E-state index is -4.37. The van der Waals surface area contributed by atoms with E-state index in [2.05, 4.69) is 26.0 Å². The molecule has 52 heavy (non-hydrogen) atoms. The van der Waals surface area contributed by atoms with Crippen molar-refractivity contribution in [1.29, 1.82) is 0 Å². The van der Waals surface area contributed by atoms with E-state index in [-0.39, 0.29) is 38.6 Å². The van der Waals surface area contributed by atoms with Crippen molar-refractivity contribution in [3.63, 3.8) is 0 Å². The zero-order chi connectivity index (χ0) is 38.2. The molecule has 0 saturated heterocycles. The molecule has 9 nitrogen and oxygen atoms in total. The fourth-order valence-electron chi connectivity index (χ4n) is 6.16. The van der Waals surface area contributed by atoms with Crippen molar-refractivity contribution in [3.8, 4) is 0 Å². The Morgan fingerprint density at radius 2 is 0.942 bits per heavy atom. The van der Waals surface area contributed by atoms with Crippen molar-refractivity contribution >= 4 is 19.8 Å². The average molecular weight is 760 g/mol. The van der Waals surface area contributed by atoms with Crippen LogP contribution in [-0.2, 0) is 32.7 Å². The molecular weight excluding hydrogens is 677 g/mol. The highest BCUT2D eigenvalue weighted by Crippen LogP contribution is 2.43. The average Bonchev–Trinajstić information content (AvgIpc) is 3.13. The van der Waals surface area contributed by atoms with E-state index < -0.39 is 26.5 Å². The van der Waals surface area contributed by atoms with E-state index >= 15 is 0 Å². The Bertz CT molecular complexity index is 871. The summed E-state index contributed by atoms with van der Waals surface area (Å²) in [5, 5.41) is 0. The number of carbonyl (C=O) groups excluding carboxylic acids is 2. The van der Waals surface area contributed by atoms with Gasteiger partial charge in [-0.1, -0.05) is 174 Å². The minimum Gasteiger partial charge on any atom is -0.462 e. The maximum absolute atomic E-state index is 12.5. The van der Waals surface area contributed by atoms with Crippen molar-refractivity contribution in [1.82, 2.24) is 0 Å². The van der Waals surface area contributed by atoms with Crippen LogP contribution in [0.25, 0.3) is 0 Å². The number of hydrogen-bond donors (Lipinski definition) is 2. The highest BCUT2D eigenvalue weighted by atomic mass is 31.2. The zero-order valence-corrected chi connectivity index (χ0v) is 34.7. The molecule has 1 unspecified atom stereocenters. The summed E-state index contributed by atoms with van der Waals surface area (Å²) in [6, 6.07) is 0. The van der Waals surface area contributed by atoms with E-state index in [0.29, 0.717) is 6.42 Å². The van der Waals surface area contributed by atoms with Gasteiger partial charge in [0, 0.05) is 19.4 Å². The molecule has 0 heterocycles. The van der Waals surface area contributed by atoms with Gasteiger partial charge in [-0.3, -0.25) is 18.6 Å². The van der Waals surface area contributed by atoms with Gasteiger partial charge in [0.2, 0.25) is 0 Å². The molecule has 0 radical (unpaired) electrons. The number of carbonyl (C=O) groups is 2. The molecule has 0 aromatic carbocycles. The van der Waals surface area contributed by atoms with Crippen molar-refractivity contribution in [2.24, 2.45) is 5.73 Å². The van der Waals surface area contributed by atoms with E-state index in [1.54, 1.807) is 0 Å². The van der Waals surface area contributed by atoms with Crippen molar-refractivity contribution < 1.29 is 37.6 Å². The Balaban J connectivity index is 4.11. The van der Waals surface area contributed by atoms with Gasteiger partial charge in [0.25, 0.3) is 0 Å². The summed E-state index contributed by atoms with van der Waals surface area (Å²) in [4.78, 5) is 34.8. The molecule has 2 atom stereocenters. The molecule has 0 rings (SSSR count). The molecule has 10 heteroatoms. The smallest absolute Gasteiger partial charge is 0.462 e. The topological polar surface area (TPSA) is 134 Å². The van der Waals surface area contributed by atoms with Gasteiger partial charge in [-0.2, -0.15) is 0 Å². The van der Waals surface area contributed by atoms with Crippen LogP contribution in [0.15, 0.2) is 12.2 Å². The van der Waals surface area contributed by atoms with Crippen LogP contribution in [0, 0.1) is 0 Å². The van der Waals surface area contributed by atoms with Gasteiger partial charge in [-0.05, 0) is 38.5 Å². The lowest BCUT2D eigenvalue weighted by atomic mass is 10.0. The number of nitrogens with two attached hydrogens (primary N) is 1. The predicted octanol–water partition coefficient (Wildman–Crippen LogP) is 12.2. The van der Waals surface area contributed by atoms with E-state index in [9.17, 15) is 19.0 Å². The SMILES string of the molecule is CCCCCCCC/C=C/CCCCCC(=O)O[C@@H](COC(=O)CCCCCCCCCCCCCCCCCCCC)COP(=O)(O)OCCN. The monoisotopic (exact) mass is 760 g/mol. The number of rotatable bonds is 41. The lowest BCUT2D eigenvalue weighted by molar-refractivity contribution is -0.161. The van der Waals surface area contributed by atoms with Crippen LogP contribution in [0.4, 0.5) is 0 Å². The number of allylic oxidation sites excluding steroid dienone is 2. The van der Waals surface area contributed by atoms with Crippen LogP contribution in [-0.4, -0.2) is 49.3 Å². The minimum absolute atomic E-state index is 0.0539. The van der Waals surface area contributed by atoms with Crippen LogP contribution < -0.4 is 5.73 Å². The van der Waals surface area contributed by atoms with Crippen molar-refractivity contribution in [2.45, 2.75) is 219 Å². The summed E-state index contributed by atoms with van der Waals surface area (Å²) in [6.45, 7) is 3.73. The third kappa shape index (κ3) is 38.5. The van der Waals surface area contributed by atoms with E-state index in [0.717, 1.165) is 44.9 Å². The molecule has 0 aliphatic carbocycles. The molecule has 0 spiro atoms. The van der Waals surface area contributed by atoms with E-state index in [1.807, 2.05) is 0 Å². The first-order valence-electron chi connectivity index (χ1n) is 21.7. The lowest BCUT2D eigenvalue weighted by Gasteiger charge is -2.19. The van der Waals surface area contributed by atoms with E-state index in [4.69, 9.17) is 24.3 Å². The first-order chi connectivity index (χ1) is 25.3. The standard InChI is InChI=1S/C42H82NO8P/c1-3-5-7-9-11-13-15-17-18-19-20-21-23-24-26-28-30-32-34-41(44)48-38-40(39-50-52(46,47)49-37-36-43)51-42(45)35-33-31-29-27-25-22-16-14-12-10-8-6-4-2/h22,25,40H,3-21,23-24,26-39,43H2,1-2H3,(H,46,47)/b25-22+/t40-/m0/s1. The third-order valence-corrected chi connectivity index (χ3v) is 10.4. The highest BCUT2D eigenvalue weighted by Gasteiger charge is 2.26. The number of phosphoric acid groups is 1. The maximum atomic E-state index is 12.5. The van der Waals surface area contributed by atoms with Crippen LogP contribution in [0.2, 0.25) is 0 Å². The first-order valence-corrected chi connectivity index (χ1v) is 23.2. The lowest BCUT2D eigenvalue weighted by Crippen LogP contribution is -2.29. The van der Waals surface area contributed by atoms with E-state index in [1.165, 1.54) is 135 Å². The van der Waals surface area contributed by atoms with Crippen molar-refractivity contribution in [2.75, 3.05) is 26.4 Å². The molecule has 308 valence electrons. The molecule has 0 bridgehead atoms. The summed E-state index contributed by atoms with van der Waals surface area (Å²) < 4.78 is 32.7. The van der Waals surface area contributed by atoms with Crippen molar-refractivity contribution in [3.05, 3.63) is 12.2 Å². The van der Waals surface area contributed by atoms with Gasteiger partial charge >= 0.3 is 19.8 Å². The van der Waals surface area contributed by atoms with Gasteiger partial charge in [0.15, 0.2) is 6.10 Å². The highest BCUT2D eigenvalue weighted by molar-refractivity contribution is 7.47. The normalized spacial score (nSPS) is 13.4. The summed E-state index contributed by atoms with van der Waals surface area (Å²) in [6.07, 6.45) is 39.6. The fraction of sp³-hybridized carbons (Fsp3) is 0.905. The summed E-state index contributed by atoms with van der Waals surface area (Å²) in [5.74, 6) is -0.837. The second-order valence-corrected chi connectivity index (χ2v) is 16.0. The van der Waals surface area contributed by atoms with Gasteiger partial charge < -0.3 is 20.1 Å². The second-order valence-electron chi connectivity index (χ2n) is 14.6.